The Hall–Kier alpha value is -3.29. The molecule has 0 unspecified atom stereocenters. The number of nitro benzene ring substituents is 1. The molecule has 2 amide bonds. The lowest BCUT2D eigenvalue weighted by atomic mass is 10.1. The summed E-state index contributed by atoms with van der Waals surface area (Å²) in [6, 6.07) is 9.22. The van der Waals surface area contributed by atoms with Gasteiger partial charge in [0.1, 0.15) is 5.82 Å². The Bertz CT molecular complexity index is 792. The number of nitrogens with zero attached hydrogens (tertiary/aromatic N) is 1. The number of carbonyl (C=O) groups excluding carboxylic acids is 2. The van der Waals surface area contributed by atoms with Gasteiger partial charge in [0.05, 0.1) is 16.9 Å². The first-order valence-electron chi connectivity index (χ1n) is 6.50. The first-order chi connectivity index (χ1) is 10.9. The van der Waals surface area contributed by atoms with E-state index >= 15 is 0 Å². The Morgan fingerprint density at radius 1 is 1.22 bits per heavy atom. The van der Waals surface area contributed by atoms with Crippen LogP contribution in [-0.4, -0.2) is 16.7 Å². The maximum atomic E-state index is 13.4. The molecule has 8 heteroatoms. The molecule has 23 heavy (non-hydrogen) atoms. The Kier molecular flexibility index (Phi) is 4.65. The van der Waals surface area contributed by atoms with Crippen LogP contribution in [0.3, 0.4) is 0 Å². The molecule has 2 aromatic carbocycles. The zero-order valence-electron chi connectivity index (χ0n) is 11.8. The van der Waals surface area contributed by atoms with Crippen LogP contribution in [0.5, 0.6) is 0 Å². The molecule has 7 nitrogen and oxygen atoms in total. The molecule has 2 rings (SSSR count). The molecule has 0 saturated carbocycles. The number of rotatable bonds is 5. The Morgan fingerprint density at radius 3 is 2.57 bits per heavy atom. The van der Waals surface area contributed by atoms with Crippen molar-refractivity contribution in [1.29, 1.82) is 0 Å². The molecule has 0 aliphatic rings. The number of hydrogen-bond acceptors (Lipinski definition) is 4. The highest BCUT2D eigenvalue weighted by molar-refractivity contribution is 5.97. The molecule has 0 atom stereocenters. The fourth-order valence-electron chi connectivity index (χ4n) is 2.01. The van der Waals surface area contributed by atoms with Gasteiger partial charge < -0.3 is 11.1 Å². The summed E-state index contributed by atoms with van der Waals surface area (Å²) >= 11 is 0. The van der Waals surface area contributed by atoms with Crippen molar-refractivity contribution in [2.24, 2.45) is 5.73 Å². The van der Waals surface area contributed by atoms with Crippen molar-refractivity contribution < 1.29 is 18.9 Å². The lowest BCUT2D eigenvalue weighted by Gasteiger charge is -2.07. The van der Waals surface area contributed by atoms with Gasteiger partial charge in [-0.2, -0.15) is 0 Å². The normalized spacial score (nSPS) is 10.1. The molecular formula is C15H12FN3O4. The van der Waals surface area contributed by atoms with Gasteiger partial charge in [0.2, 0.25) is 5.91 Å². The molecule has 3 N–H and O–H groups in total. The van der Waals surface area contributed by atoms with Crippen LogP contribution in [-0.2, 0) is 11.2 Å². The zero-order valence-corrected chi connectivity index (χ0v) is 11.8. The third-order valence-corrected chi connectivity index (χ3v) is 3.05. The Morgan fingerprint density at radius 2 is 1.91 bits per heavy atom. The van der Waals surface area contributed by atoms with Gasteiger partial charge in [0, 0.05) is 17.3 Å². The molecule has 0 aliphatic heterocycles. The number of hydrogen-bond donors (Lipinski definition) is 2. The summed E-state index contributed by atoms with van der Waals surface area (Å²) in [7, 11) is 0. The van der Waals surface area contributed by atoms with E-state index in [-0.39, 0.29) is 28.9 Å². The van der Waals surface area contributed by atoms with Gasteiger partial charge in [0.15, 0.2) is 0 Å². The summed E-state index contributed by atoms with van der Waals surface area (Å²) in [4.78, 5) is 33.4. The maximum Gasteiger partial charge on any atom is 0.273 e. The van der Waals surface area contributed by atoms with Crippen LogP contribution in [0.1, 0.15) is 15.9 Å². The molecule has 0 bridgehead atoms. The topological polar surface area (TPSA) is 115 Å². The van der Waals surface area contributed by atoms with Crippen LogP contribution >= 0.6 is 0 Å². The molecule has 2 aromatic rings. The third-order valence-electron chi connectivity index (χ3n) is 3.05. The molecule has 0 aliphatic carbocycles. The second kappa shape index (κ2) is 6.65. The van der Waals surface area contributed by atoms with Gasteiger partial charge in [-0.05, 0) is 18.2 Å². The molecule has 0 heterocycles. The molecule has 0 radical (unpaired) electrons. The van der Waals surface area contributed by atoms with Crippen molar-refractivity contribution in [2.45, 2.75) is 6.42 Å². The second-order valence-electron chi connectivity index (χ2n) is 4.67. The highest BCUT2D eigenvalue weighted by Gasteiger charge is 2.16. The van der Waals surface area contributed by atoms with Crippen LogP contribution in [0, 0.1) is 15.9 Å². The summed E-state index contributed by atoms with van der Waals surface area (Å²) in [5.41, 5.74) is 4.92. The lowest BCUT2D eigenvalue weighted by molar-refractivity contribution is -0.385. The molecule has 0 saturated heterocycles. The van der Waals surface area contributed by atoms with Crippen molar-refractivity contribution in [3.8, 4) is 0 Å². The SMILES string of the molecule is NC(=O)c1cc(NC(=O)Cc2ccccc2[N+](=O)[O-])ccc1F. The number of para-hydroxylation sites is 1. The summed E-state index contributed by atoms with van der Waals surface area (Å²) in [5, 5.41) is 13.3. The van der Waals surface area contributed by atoms with Crippen molar-refractivity contribution in [3.05, 3.63) is 69.5 Å². The summed E-state index contributed by atoms with van der Waals surface area (Å²) in [6.45, 7) is 0. The Labute approximate surface area is 130 Å². The van der Waals surface area contributed by atoms with Crippen molar-refractivity contribution in [3.63, 3.8) is 0 Å². The van der Waals surface area contributed by atoms with E-state index in [9.17, 15) is 24.1 Å². The average molecular weight is 317 g/mol. The highest BCUT2D eigenvalue weighted by atomic mass is 19.1. The van der Waals surface area contributed by atoms with Gasteiger partial charge in [0.25, 0.3) is 11.6 Å². The highest BCUT2D eigenvalue weighted by Crippen LogP contribution is 2.19. The number of amides is 2. The zero-order chi connectivity index (χ0) is 17.0. The van der Waals surface area contributed by atoms with Crippen molar-refractivity contribution in [2.75, 3.05) is 5.32 Å². The van der Waals surface area contributed by atoms with Gasteiger partial charge in [-0.3, -0.25) is 19.7 Å². The van der Waals surface area contributed by atoms with Gasteiger partial charge in [-0.25, -0.2) is 4.39 Å². The standard InChI is InChI=1S/C15H12FN3O4/c16-12-6-5-10(8-11(12)15(17)21)18-14(20)7-9-3-1-2-4-13(9)19(22)23/h1-6,8H,7H2,(H2,17,21)(H,18,20). The van der Waals surface area contributed by atoms with E-state index in [1.54, 1.807) is 6.07 Å². The number of benzene rings is 2. The van der Waals surface area contributed by atoms with Crippen molar-refractivity contribution in [1.82, 2.24) is 0 Å². The van der Waals surface area contributed by atoms with Gasteiger partial charge in [-0.1, -0.05) is 18.2 Å². The summed E-state index contributed by atoms with van der Waals surface area (Å²) < 4.78 is 13.4. The number of halogens is 1. The van der Waals surface area contributed by atoms with Crippen LogP contribution < -0.4 is 11.1 Å². The van der Waals surface area contributed by atoms with E-state index in [0.29, 0.717) is 0 Å². The van der Waals surface area contributed by atoms with E-state index in [1.807, 2.05) is 0 Å². The average Bonchev–Trinajstić information content (AvgIpc) is 2.49. The van der Waals surface area contributed by atoms with E-state index in [2.05, 4.69) is 5.32 Å². The fraction of sp³-hybridized carbons (Fsp3) is 0.0667. The molecular weight excluding hydrogens is 305 g/mol. The minimum atomic E-state index is -0.961. The number of nitrogens with two attached hydrogens (primary N) is 1. The summed E-state index contributed by atoms with van der Waals surface area (Å²) in [6.07, 6.45) is -0.236. The quantitative estimate of drug-likeness (QED) is 0.648. The number of carbonyl (C=O) groups is 2. The molecule has 0 spiro atoms. The molecule has 0 aromatic heterocycles. The van der Waals surface area contributed by atoms with Crippen molar-refractivity contribution >= 4 is 23.2 Å². The maximum absolute atomic E-state index is 13.4. The third kappa shape index (κ3) is 3.88. The molecule has 0 fully saturated rings. The number of anilines is 1. The monoisotopic (exact) mass is 317 g/mol. The van der Waals surface area contributed by atoms with Crippen LogP contribution in [0.2, 0.25) is 0 Å². The number of primary amides is 1. The minimum absolute atomic E-state index is 0.167. The predicted octanol–water partition coefficient (Wildman–Crippen LogP) is 2.01. The van der Waals surface area contributed by atoms with E-state index in [0.717, 1.165) is 12.1 Å². The van der Waals surface area contributed by atoms with Crippen LogP contribution in [0.4, 0.5) is 15.8 Å². The van der Waals surface area contributed by atoms with Gasteiger partial charge in [-0.15, -0.1) is 0 Å². The Balaban J connectivity index is 2.16. The van der Waals surface area contributed by atoms with E-state index in [1.165, 1.54) is 24.3 Å². The summed E-state index contributed by atoms with van der Waals surface area (Å²) in [5.74, 6) is -2.30. The number of nitrogens with one attached hydrogen (secondary N) is 1. The van der Waals surface area contributed by atoms with Gasteiger partial charge >= 0.3 is 0 Å². The smallest absolute Gasteiger partial charge is 0.273 e. The fourth-order valence-corrected chi connectivity index (χ4v) is 2.01. The number of nitro groups is 1. The van der Waals surface area contributed by atoms with E-state index < -0.39 is 22.6 Å². The van der Waals surface area contributed by atoms with Crippen LogP contribution in [0.15, 0.2) is 42.5 Å². The first kappa shape index (κ1) is 16.1. The first-order valence-corrected chi connectivity index (χ1v) is 6.50. The largest absolute Gasteiger partial charge is 0.366 e. The second-order valence-corrected chi connectivity index (χ2v) is 4.67. The lowest BCUT2D eigenvalue weighted by Crippen LogP contribution is -2.17. The van der Waals surface area contributed by atoms with E-state index in [4.69, 9.17) is 5.73 Å². The minimum Gasteiger partial charge on any atom is -0.366 e. The van der Waals surface area contributed by atoms with Crippen LogP contribution in [0.25, 0.3) is 0 Å². The molecule has 118 valence electrons. The predicted molar refractivity (Wildman–Crippen MR) is 80.3 cm³/mol.